The molecule has 0 fully saturated rings. The van der Waals surface area contributed by atoms with Gasteiger partial charge in [0.05, 0.1) is 0 Å². The monoisotopic (exact) mass is 631 g/mol. The van der Waals surface area contributed by atoms with Crippen molar-refractivity contribution in [3.8, 4) is 5.75 Å². The predicted molar refractivity (Wildman–Crippen MR) is 197 cm³/mol. The van der Waals surface area contributed by atoms with Crippen LogP contribution in [0, 0.1) is 0 Å². The number of esters is 1. The molecular formula is C41H29NO2S2. The van der Waals surface area contributed by atoms with E-state index < -0.39 is 5.97 Å². The van der Waals surface area contributed by atoms with Crippen molar-refractivity contribution in [1.29, 1.82) is 0 Å². The standard InChI is InChI=1S/C41H29NO2S2/c1-2-41(43)44-35-24-20-30(21-25-35)17-16-29-18-22-34(23-19-29)42(33-12-4-3-5-13-33)28-36(39-26-31-10-6-8-14-37(31)45-39)40-27-32-11-7-9-15-38(32)46-40/h2-28H,1H2. The van der Waals surface area contributed by atoms with E-state index in [-0.39, 0.29) is 0 Å². The Hall–Kier alpha value is -5.49. The average Bonchev–Trinajstić information content (AvgIpc) is 3.74. The van der Waals surface area contributed by atoms with Gasteiger partial charge in [0.25, 0.3) is 0 Å². The molecule has 0 aliphatic rings. The molecule has 0 aliphatic heterocycles. The second kappa shape index (κ2) is 13.2. The second-order valence-corrected chi connectivity index (χ2v) is 12.8. The number of carbonyl (C=O) groups is 1. The van der Waals surface area contributed by atoms with Crippen molar-refractivity contribution in [3.05, 3.63) is 179 Å². The Kier molecular flexibility index (Phi) is 8.42. The summed E-state index contributed by atoms with van der Waals surface area (Å²) in [5.41, 5.74) is 5.43. The topological polar surface area (TPSA) is 29.5 Å². The zero-order valence-electron chi connectivity index (χ0n) is 24.9. The molecule has 46 heavy (non-hydrogen) atoms. The van der Waals surface area contributed by atoms with Gasteiger partial charge in [0.15, 0.2) is 0 Å². The van der Waals surface area contributed by atoms with Gasteiger partial charge in [-0.15, -0.1) is 22.7 Å². The Labute approximate surface area is 276 Å². The zero-order valence-corrected chi connectivity index (χ0v) is 26.5. The van der Waals surface area contributed by atoms with Crippen molar-refractivity contribution in [2.75, 3.05) is 4.90 Å². The number of hydrogen-bond acceptors (Lipinski definition) is 5. The molecule has 5 aromatic carbocycles. The van der Waals surface area contributed by atoms with Gasteiger partial charge in [0.1, 0.15) is 5.75 Å². The molecule has 0 N–H and O–H groups in total. The number of para-hydroxylation sites is 1. The Balaban J connectivity index is 1.25. The summed E-state index contributed by atoms with van der Waals surface area (Å²) in [7, 11) is 0. The molecule has 7 rings (SSSR count). The minimum atomic E-state index is -0.470. The largest absolute Gasteiger partial charge is 0.423 e. The van der Waals surface area contributed by atoms with Crippen molar-refractivity contribution < 1.29 is 9.53 Å². The maximum absolute atomic E-state index is 11.5. The van der Waals surface area contributed by atoms with Crippen LogP contribution in [0.15, 0.2) is 158 Å². The maximum Gasteiger partial charge on any atom is 0.335 e. The molecular weight excluding hydrogens is 603 g/mol. The lowest BCUT2D eigenvalue weighted by Gasteiger charge is -2.23. The van der Waals surface area contributed by atoms with Crippen LogP contribution in [0.2, 0.25) is 0 Å². The lowest BCUT2D eigenvalue weighted by atomic mass is 10.1. The lowest BCUT2D eigenvalue weighted by Crippen LogP contribution is -2.09. The van der Waals surface area contributed by atoms with E-state index in [9.17, 15) is 4.79 Å². The maximum atomic E-state index is 11.5. The molecule has 7 aromatic rings. The highest BCUT2D eigenvalue weighted by atomic mass is 32.1. The predicted octanol–water partition coefficient (Wildman–Crippen LogP) is 11.6. The number of hydrogen-bond donors (Lipinski definition) is 0. The van der Waals surface area contributed by atoms with Gasteiger partial charge in [-0.25, -0.2) is 4.79 Å². The molecule has 0 radical (unpaired) electrons. The van der Waals surface area contributed by atoms with Gasteiger partial charge in [-0.2, -0.15) is 0 Å². The van der Waals surface area contributed by atoms with Crippen molar-refractivity contribution in [2.24, 2.45) is 0 Å². The summed E-state index contributed by atoms with van der Waals surface area (Å²) in [6.45, 7) is 3.44. The van der Waals surface area contributed by atoms with Crippen LogP contribution in [0.4, 0.5) is 11.4 Å². The van der Waals surface area contributed by atoms with Gasteiger partial charge in [-0.1, -0.05) is 97.6 Å². The Morgan fingerprint density at radius 3 is 1.65 bits per heavy atom. The van der Waals surface area contributed by atoms with Crippen molar-refractivity contribution >= 4 is 77.9 Å². The Morgan fingerprint density at radius 2 is 1.11 bits per heavy atom. The first-order chi connectivity index (χ1) is 22.6. The third kappa shape index (κ3) is 6.47. The van der Waals surface area contributed by atoms with Crippen LogP contribution in [0.3, 0.4) is 0 Å². The van der Waals surface area contributed by atoms with Crippen molar-refractivity contribution in [3.63, 3.8) is 0 Å². The van der Waals surface area contributed by atoms with Crippen LogP contribution in [0.25, 0.3) is 37.9 Å². The zero-order chi connectivity index (χ0) is 31.3. The van der Waals surface area contributed by atoms with E-state index >= 15 is 0 Å². The molecule has 0 spiro atoms. The fourth-order valence-electron chi connectivity index (χ4n) is 5.24. The number of anilines is 2. The minimum Gasteiger partial charge on any atom is -0.423 e. The van der Waals surface area contributed by atoms with E-state index in [0.29, 0.717) is 5.75 Å². The molecule has 222 valence electrons. The summed E-state index contributed by atoms with van der Waals surface area (Å²) < 4.78 is 7.73. The van der Waals surface area contributed by atoms with E-state index in [1.807, 2.05) is 46.9 Å². The van der Waals surface area contributed by atoms with E-state index in [1.165, 1.54) is 35.5 Å². The number of nitrogens with zero attached hydrogens (tertiary/aromatic N) is 1. The summed E-state index contributed by atoms with van der Waals surface area (Å²) in [4.78, 5) is 16.2. The van der Waals surface area contributed by atoms with E-state index in [2.05, 4.69) is 133 Å². The second-order valence-electron chi connectivity index (χ2n) is 10.7. The Morgan fingerprint density at radius 1 is 0.609 bits per heavy atom. The van der Waals surface area contributed by atoms with Crippen LogP contribution in [-0.2, 0) is 4.79 Å². The summed E-state index contributed by atoms with van der Waals surface area (Å²) in [5.74, 6) is 0.0219. The fourth-order valence-corrected chi connectivity index (χ4v) is 7.48. The normalized spacial score (nSPS) is 11.1. The van der Waals surface area contributed by atoms with Gasteiger partial charge >= 0.3 is 5.97 Å². The molecule has 0 unspecified atom stereocenters. The smallest absolute Gasteiger partial charge is 0.335 e. The number of carbonyl (C=O) groups excluding carboxylic acids is 1. The quantitative estimate of drug-likeness (QED) is 0.0687. The Bertz CT molecular complexity index is 2060. The number of thiophene rings is 2. The number of ether oxygens (including phenoxy) is 1. The highest BCUT2D eigenvalue weighted by molar-refractivity contribution is 7.22. The molecule has 2 aromatic heterocycles. The first-order valence-corrected chi connectivity index (χ1v) is 16.5. The molecule has 5 heteroatoms. The molecule has 0 saturated carbocycles. The molecule has 3 nitrogen and oxygen atoms in total. The average molecular weight is 632 g/mol. The van der Waals surface area contributed by atoms with E-state index in [1.54, 1.807) is 12.1 Å². The summed E-state index contributed by atoms with van der Waals surface area (Å²) in [6, 6.07) is 48.3. The molecule has 0 bridgehead atoms. The van der Waals surface area contributed by atoms with Gasteiger partial charge in [-0.3, -0.25) is 0 Å². The van der Waals surface area contributed by atoms with Gasteiger partial charge < -0.3 is 9.64 Å². The summed E-state index contributed by atoms with van der Waals surface area (Å²) in [5, 5.41) is 2.51. The van der Waals surface area contributed by atoms with Crippen molar-refractivity contribution in [1.82, 2.24) is 0 Å². The molecule has 0 aliphatic carbocycles. The molecule has 0 atom stereocenters. The highest BCUT2D eigenvalue weighted by Crippen LogP contribution is 2.40. The summed E-state index contributed by atoms with van der Waals surface area (Å²) >= 11 is 3.66. The third-order valence-electron chi connectivity index (χ3n) is 7.58. The summed E-state index contributed by atoms with van der Waals surface area (Å²) in [6.07, 6.45) is 7.57. The van der Waals surface area contributed by atoms with Gasteiger partial charge in [-0.05, 0) is 82.6 Å². The molecule has 0 saturated heterocycles. The first kappa shape index (κ1) is 29.2. The van der Waals surface area contributed by atoms with Crippen LogP contribution in [-0.4, -0.2) is 5.97 Å². The lowest BCUT2D eigenvalue weighted by molar-refractivity contribution is -0.128. The number of fused-ring (bicyclic) bond motifs is 2. The molecule has 0 amide bonds. The van der Waals surface area contributed by atoms with Crippen LogP contribution in [0.5, 0.6) is 5.75 Å². The number of benzene rings is 5. The fraction of sp³-hybridized carbons (Fsp3) is 0. The first-order valence-electron chi connectivity index (χ1n) is 14.9. The van der Waals surface area contributed by atoms with Crippen LogP contribution >= 0.6 is 22.7 Å². The number of rotatable bonds is 9. The van der Waals surface area contributed by atoms with Crippen LogP contribution < -0.4 is 9.64 Å². The third-order valence-corrected chi connectivity index (χ3v) is 9.88. The van der Waals surface area contributed by atoms with E-state index in [4.69, 9.17) is 4.74 Å². The van der Waals surface area contributed by atoms with Gasteiger partial charge in [0.2, 0.25) is 0 Å². The highest BCUT2D eigenvalue weighted by Gasteiger charge is 2.16. The van der Waals surface area contributed by atoms with E-state index in [0.717, 1.165) is 28.6 Å². The van der Waals surface area contributed by atoms with Crippen molar-refractivity contribution in [2.45, 2.75) is 0 Å². The SMILES string of the molecule is C=CC(=O)Oc1ccc(C=Cc2ccc(N(C=C(c3cc4ccccc4s3)c3cc4ccccc4s3)c3ccccc3)cc2)cc1. The van der Waals surface area contributed by atoms with Crippen LogP contribution in [0.1, 0.15) is 20.9 Å². The molecule has 2 heterocycles. The minimum absolute atomic E-state index is 0.470. The van der Waals surface area contributed by atoms with Gasteiger partial charge in [0, 0.05) is 48.4 Å².